The van der Waals surface area contributed by atoms with Gasteiger partial charge in [0.05, 0.1) is 12.0 Å². The highest BCUT2D eigenvalue weighted by molar-refractivity contribution is 14.0. The van der Waals surface area contributed by atoms with Crippen LogP contribution >= 0.6 is 24.0 Å². The van der Waals surface area contributed by atoms with E-state index < -0.39 is 10.0 Å². The number of benzene rings is 2. The Morgan fingerprint density at radius 1 is 0.963 bits per heavy atom. The number of nitrogens with zero attached hydrogens (tertiary/aromatic N) is 1. The topological polar surface area (TPSA) is 91.8 Å². The van der Waals surface area contributed by atoms with Crippen LogP contribution in [0.2, 0.25) is 0 Å². The first-order valence-corrected chi connectivity index (χ1v) is 9.56. The van der Waals surface area contributed by atoms with E-state index >= 15 is 0 Å². The molecule has 0 atom stereocenters. The van der Waals surface area contributed by atoms with Gasteiger partial charge in [0.1, 0.15) is 5.75 Å². The fourth-order valence-electron chi connectivity index (χ4n) is 2.24. The maximum Gasteiger partial charge on any atom is 0.240 e. The fraction of sp³-hybridized carbons (Fsp3) is 0.278. The molecule has 0 aliphatic rings. The van der Waals surface area contributed by atoms with Crippen LogP contribution in [0.15, 0.2) is 58.4 Å². The molecule has 0 aliphatic heterocycles. The van der Waals surface area contributed by atoms with Crippen molar-refractivity contribution in [3.8, 4) is 5.75 Å². The molecule has 0 radical (unpaired) electrons. The molecule has 0 heterocycles. The van der Waals surface area contributed by atoms with Gasteiger partial charge in [0.15, 0.2) is 5.96 Å². The molecule has 0 amide bonds. The van der Waals surface area contributed by atoms with Gasteiger partial charge in [-0.25, -0.2) is 13.1 Å². The predicted octanol–water partition coefficient (Wildman–Crippen LogP) is 2.09. The van der Waals surface area contributed by atoms with Crippen molar-refractivity contribution < 1.29 is 13.2 Å². The normalized spacial score (nSPS) is 11.4. The summed E-state index contributed by atoms with van der Waals surface area (Å²) in [6.45, 7) is 1.16. The number of methoxy groups -OCH3 is 1. The van der Waals surface area contributed by atoms with E-state index in [0.29, 0.717) is 19.0 Å². The summed E-state index contributed by atoms with van der Waals surface area (Å²) in [5.41, 5.74) is 2.06. The maximum atomic E-state index is 11.7. The van der Waals surface area contributed by atoms with Gasteiger partial charge in [0, 0.05) is 20.1 Å². The van der Waals surface area contributed by atoms with Gasteiger partial charge in [-0.15, -0.1) is 24.0 Å². The molecule has 3 N–H and O–H groups in total. The average molecular weight is 504 g/mol. The quantitative estimate of drug-likeness (QED) is 0.305. The zero-order valence-electron chi connectivity index (χ0n) is 15.5. The SMILES string of the molecule is CN=C(NCc1ccc(OC)cc1)NCc1ccc(S(=O)(=O)NC)cc1.I. The van der Waals surface area contributed by atoms with Crippen molar-refractivity contribution in [1.82, 2.24) is 15.4 Å². The Kier molecular flexibility index (Phi) is 9.53. The Morgan fingerprint density at radius 3 is 1.85 bits per heavy atom. The molecule has 0 unspecified atom stereocenters. The van der Waals surface area contributed by atoms with Crippen molar-refractivity contribution in [3.63, 3.8) is 0 Å². The van der Waals surface area contributed by atoms with E-state index in [1.165, 1.54) is 7.05 Å². The van der Waals surface area contributed by atoms with Crippen LogP contribution < -0.4 is 20.1 Å². The zero-order chi connectivity index (χ0) is 19.0. The smallest absolute Gasteiger partial charge is 0.240 e. The molecule has 0 fully saturated rings. The summed E-state index contributed by atoms with van der Waals surface area (Å²) in [6, 6.07) is 14.5. The fourth-order valence-corrected chi connectivity index (χ4v) is 2.97. The van der Waals surface area contributed by atoms with Gasteiger partial charge < -0.3 is 15.4 Å². The van der Waals surface area contributed by atoms with E-state index in [-0.39, 0.29) is 28.9 Å². The second-order valence-electron chi connectivity index (χ2n) is 5.48. The third-order valence-corrected chi connectivity index (χ3v) is 5.24. The van der Waals surface area contributed by atoms with Crippen LogP contribution in [0.5, 0.6) is 5.75 Å². The second kappa shape index (κ2) is 11.1. The minimum absolute atomic E-state index is 0. The van der Waals surface area contributed by atoms with Gasteiger partial charge in [-0.2, -0.15) is 0 Å². The lowest BCUT2D eigenvalue weighted by Crippen LogP contribution is -2.36. The Morgan fingerprint density at radius 2 is 1.44 bits per heavy atom. The van der Waals surface area contributed by atoms with Crippen LogP contribution in [0.4, 0.5) is 0 Å². The number of nitrogens with one attached hydrogen (secondary N) is 3. The average Bonchev–Trinajstić information content (AvgIpc) is 2.69. The number of halogens is 1. The molecular weight excluding hydrogens is 479 g/mol. The van der Waals surface area contributed by atoms with Crippen LogP contribution in [0.25, 0.3) is 0 Å². The van der Waals surface area contributed by atoms with Crippen LogP contribution in [0.3, 0.4) is 0 Å². The summed E-state index contributed by atoms with van der Waals surface area (Å²) in [5.74, 6) is 1.48. The van der Waals surface area contributed by atoms with Gasteiger partial charge in [0.25, 0.3) is 0 Å². The molecule has 0 aromatic heterocycles. The van der Waals surface area contributed by atoms with E-state index in [0.717, 1.165) is 16.9 Å². The number of ether oxygens (including phenoxy) is 1. The number of hydrogen-bond donors (Lipinski definition) is 3. The first kappa shape index (κ1) is 23.2. The van der Waals surface area contributed by atoms with Gasteiger partial charge >= 0.3 is 0 Å². The van der Waals surface area contributed by atoms with Crippen LogP contribution in [-0.4, -0.2) is 35.6 Å². The van der Waals surface area contributed by atoms with Crippen molar-refractivity contribution >= 4 is 40.0 Å². The maximum absolute atomic E-state index is 11.7. The molecule has 0 saturated carbocycles. The van der Waals surface area contributed by atoms with Gasteiger partial charge in [-0.3, -0.25) is 4.99 Å². The summed E-state index contributed by atoms with van der Waals surface area (Å²) < 4.78 is 30.9. The molecule has 7 nitrogen and oxygen atoms in total. The first-order chi connectivity index (χ1) is 12.5. The summed E-state index contributed by atoms with van der Waals surface area (Å²) >= 11 is 0. The van der Waals surface area contributed by atoms with Crippen molar-refractivity contribution in [3.05, 3.63) is 59.7 Å². The summed E-state index contributed by atoms with van der Waals surface area (Å²) in [4.78, 5) is 4.43. The summed E-state index contributed by atoms with van der Waals surface area (Å²) in [6.07, 6.45) is 0. The Bertz CT molecular complexity index is 838. The lowest BCUT2D eigenvalue weighted by atomic mass is 10.2. The minimum Gasteiger partial charge on any atom is -0.497 e. The third-order valence-electron chi connectivity index (χ3n) is 3.80. The van der Waals surface area contributed by atoms with Crippen LogP contribution in [-0.2, 0) is 23.1 Å². The predicted molar refractivity (Wildman–Crippen MR) is 118 cm³/mol. The number of sulfonamides is 1. The molecule has 27 heavy (non-hydrogen) atoms. The molecule has 0 aliphatic carbocycles. The molecular formula is C18H25IN4O3S. The van der Waals surface area contributed by atoms with E-state index in [2.05, 4.69) is 20.3 Å². The zero-order valence-corrected chi connectivity index (χ0v) is 18.7. The van der Waals surface area contributed by atoms with Gasteiger partial charge in [-0.1, -0.05) is 24.3 Å². The van der Waals surface area contributed by atoms with E-state index in [9.17, 15) is 8.42 Å². The third kappa shape index (κ3) is 7.00. The monoisotopic (exact) mass is 504 g/mol. The van der Waals surface area contributed by atoms with E-state index in [1.54, 1.807) is 38.4 Å². The number of hydrogen-bond acceptors (Lipinski definition) is 4. The van der Waals surface area contributed by atoms with Gasteiger partial charge in [0.2, 0.25) is 10.0 Å². The highest BCUT2D eigenvalue weighted by Crippen LogP contribution is 2.11. The van der Waals surface area contributed by atoms with Crippen molar-refractivity contribution in [1.29, 1.82) is 0 Å². The number of guanidine groups is 1. The summed E-state index contributed by atoms with van der Waals surface area (Å²) in [7, 11) is 1.32. The second-order valence-corrected chi connectivity index (χ2v) is 7.37. The lowest BCUT2D eigenvalue weighted by molar-refractivity contribution is 0.414. The van der Waals surface area contributed by atoms with Crippen LogP contribution in [0.1, 0.15) is 11.1 Å². The van der Waals surface area contributed by atoms with E-state index in [4.69, 9.17) is 4.74 Å². The number of rotatable bonds is 7. The molecule has 2 aromatic carbocycles. The molecule has 2 rings (SSSR count). The number of aliphatic imine (C=N–C) groups is 1. The lowest BCUT2D eigenvalue weighted by Gasteiger charge is -2.12. The van der Waals surface area contributed by atoms with Crippen molar-refractivity contribution in [2.75, 3.05) is 21.2 Å². The molecule has 2 aromatic rings. The molecule has 0 bridgehead atoms. The Hall–Kier alpha value is -1.85. The summed E-state index contributed by atoms with van der Waals surface area (Å²) in [5, 5.41) is 6.43. The Balaban J connectivity index is 0.00000364. The van der Waals surface area contributed by atoms with Crippen LogP contribution in [0, 0.1) is 0 Å². The minimum atomic E-state index is -3.41. The van der Waals surface area contributed by atoms with Crippen molar-refractivity contribution in [2.45, 2.75) is 18.0 Å². The highest BCUT2D eigenvalue weighted by atomic mass is 127. The van der Waals surface area contributed by atoms with Crippen molar-refractivity contribution in [2.24, 2.45) is 4.99 Å². The Labute approximate surface area is 177 Å². The van der Waals surface area contributed by atoms with Gasteiger partial charge in [-0.05, 0) is 42.4 Å². The standard InChI is InChI=1S/C18H24N4O3S.HI/c1-19-18(21-12-14-4-8-16(25-3)9-5-14)22-13-15-6-10-17(11-7-15)26(23,24)20-2;/h4-11,20H,12-13H2,1-3H3,(H2,19,21,22);1H. The highest BCUT2D eigenvalue weighted by Gasteiger charge is 2.10. The van der Waals surface area contributed by atoms with E-state index in [1.807, 2.05) is 24.3 Å². The largest absolute Gasteiger partial charge is 0.497 e. The molecule has 0 spiro atoms. The molecule has 9 heteroatoms. The molecule has 148 valence electrons. The first-order valence-electron chi connectivity index (χ1n) is 8.08. The molecule has 0 saturated heterocycles.